The number of ether oxygens (including phenoxy) is 1. The molecule has 24 heavy (non-hydrogen) atoms. The van der Waals surface area contributed by atoms with Crippen LogP contribution in [0.5, 0.6) is 0 Å². The lowest BCUT2D eigenvalue weighted by Crippen LogP contribution is -2.49. The molecule has 1 unspecified atom stereocenters. The number of carbonyl (C=O) groups is 2. The summed E-state index contributed by atoms with van der Waals surface area (Å²) >= 11 is 0. The average molecular weight is 333 g/mol. The Morgan fingerprint density at radius 1 is 1.21 bits per heavy atom. The van der Waals surface area contributed by atoms with Crippen LogP contribution in [-0.2, 0) is 19.7 Å². The summed E-state index contributed by atoms with van der Waals surface area (Å²) in [6, 6.07) is 9.72. The third-order valence-electron chi connectivity index (χ3n) is 4.72. The van der Waals surface area contributed by atoms with Crippen molar-refractivity contribution >= 4 is 11.9 Å². The predicted molar refractivity (Wildman–Crippen MR) is 91.8 cm³/mol. The van der Waals surface area contributed by atoms with Crippen molar-refractivity contribution in [3.63, 3.8) is 0 Å². The largest absolute Gasteiger partial charge is 0.481 e. The highest BCUT2D eigenvalue weighted by molar-refractivity contribution is 5.88. The Morgan fingerprint density at radius 3 is 2.38 bits per heavy atom. The fourth-order valence-electron chi connectivity index (χ4n) is 3.35. The lowest BCUT2D eigenvalue weighted by molar-refractivity contribution is -0.142. The highest BCUT2D eigenvalue weighted by Gasteiger charge is 2.41. The number of carbonyl (C=O) groups excluding carboxylic acids is 1. The van der Waals surface area contributed by atoms with Crippen molar-refractivity contribution < 1.29 is 19.4 Å². The van der Waals surface area contributed by atoms with Crippen molar-refractivity contribution in [3.05, 3.63) is 35.9 Å². The van der Waals surface area contributed by atoms with E-state index in [9.17, 15) is 14.7 Å². The van der Waals surface area contributed by atoms with E-state index in [1.165, 1.54) is 0 Å². The van der Waals surface area contributed by atoms with Gasteiger partial charge in [-0.2, -0.15) is 0 Å². The van der Waals surface area contributed by atoms with Gasteiger partial charge >= 0.3 is 5.97 Å². The van der Waals surface area contributed by atoms with Gasteiger partial charge in [0.05, 0.1) is 11.3 Å². The number of nitrogens with one attached hydrogen (secondary N) is 1. The van der Waals surface area contributed by atoms with Crippen LogP contribution in [0.25, 0.3) is 0 Å². The Labute approximate surface area is 143 Å². The van der Waals surface area contributed by atoms with Gasteiger partial charge in [-0.15, -0.1) is 0 Å². The van der Waals surface area contributed by atoms with Crippen LogP contribution in [0.15, 0.2) is 30.3 Å². The Hall–Kier alpha value is -1.88. The van der Waals surface area contributed by atoms with E-state index in [-0.39, 0.29) is 18.4 Å². The zero-order chi connectivity index (χ0) is 17.6. The highest BCUT2D eigenvalue weighted by Crippen LogP contribution is 2.35. The highest BCUT2D eigenvalue weighted by atomic mass is 16.5. The molecular formula is C19H27NO4. The van der Waals surface area contributed by atoms with Gasteiger partial charge in [0.1, 0.15) is 0 Å². The van der Waals surface area contributed by atoms with Crippen LogP contribution in [0.2, 0.25) is 0 Å². The fourth-order valence-corrected chi connectivity index (χ4v) is 3.35. The monoisotopic (exact) mass is 333 g/mol. The van der Waals surface area contributed by atoms with Gasteiger partial charge < -0.3 is 15.2 Å². The van der Waals surface area contributed by atoms with Crippen molar-refractivity contribution in [2.45, 2.75) is 38.5 Å². The molecule has 132 valence electrons. The molecule has 1 heterocycles. The first-order valence-corrected chi connectivity index (χ1v) is 8.60. The molecule has 1 amide bonds. The number of rotatable bonds is 7. The minimum absolute atomic E-state index is 0.0907. The van der Waals surface area contributed by atoms with Gasteiger partial charge in [-0.25, -0.2) is 0 Å². The number of aliphatic carboxylic acids is 1. The van der Waals surface area contributed by atoms with Gasteiger partial charge in [-0.3, -0.25) is 9.59 Å². The number of benzene rings is 1. The molecule has 1 aliphatic heterocycles. The van der Waals surface area contributed by atoms with Crippen LogP contribution in [0, 0.1) is 11.8 Å². The number of hydrogen-bond acceptors (Lipinski definition) is 3. The average Bonchev–Trinajstić information content (AvgIpc) is 2.59. The Kier molecular flexibility index (Phi) is 6.37. The van der Waals surface area contributed by atoms with Gasteiger partial charge in [-0.05, 0) is 30.7 Å². The molecule has 0 spiro atoms. The van der Waals surface area contributed by atoms with Crippen LogP contribution in [-0.4, -0.2) is 36.7 Å². The van der Waals surface area contributed by atoms with Crippen LogP contribution >= 0.6 is 0 Å². The molecule has 1 aliphatic rings. The third kappa shape index (κ3) is 4.35. The summed E-state index contributed by atoms with van der Waals surface area (Å²) in [6.07, 6.45) is 1.78. The quantitative estimate of drug-likeness (QED) is 0.804. The van der Waals surface area contributed by atoms with Crippen molar-refractivity contribution in [1.29, 1.82) is 0 Å². The summed E-state index contributed by atoms with van der Waals surface area (Å²) < 4.78 is 5.44. The molecule has 1 aromatic carbocycles. The molecule has 5 heteroatoms. The van der Waals surface area contributed by atoms with E-state index in [2.05, 4.69) is 5.32 Å². The maximum Gasteiger partial charge on any atom is 0.308 e. The second-order valence-corrected chi connectivity index (χ2v) is 6.94. The maximum atomic E-state index is 13.0. The minimum atomic E-state index is -0.857. The molecule has 1 saturated heterocycles. The number of carboxylic acids is 1. The number of amides is 1. The molecule has 2 rings (SSSR count). The molecular weight excluding hydrogens is 306 g/mol. The van der Waals surface area contributed by atoms with Crippen molar-refractivity contribution in [2.75, 3.05) is 19.8 Å². The van der Waals surface area contributed by atoms with E-state index < -0.39 is 17.3 Å². The zero-order valence-corrected chi connectivity index (χ0v) is 14.5. The van der Waals surface area contributed by atoms with Crippen molar-refractivity contribution in [3.8, 4) is 0 Å². The molecule has 0 aliphatic carbocycles. The predicted octanol–water partition coefficient (Wildman–Crippen LogP) is 2.60. The van der Waals surface area contributed by atoms with Gasteiger partial charge in [0.25, 0.3) is 0 Å². The zero-order valence-electron chi connectivity index (χ0n) is 14.5. The van der Waals surface area contributed by atoms with E-state index in [1.807, 2.05) is 44.2 Å². The Balaban J connectivity index is 2.12. The summed E-state index contributed by atoms with van der Waals surface area (Å²) in [7, 11) is 0. The van der Waals surface area contributed by atoms with Crippen LogP contribution in [0.3, 0.4) is 0 Å². The first kappa shape index (κ1) is 18.5. The molecule has 0 aromatic heterocycles. The van der Waals surface area contributed by atoms with Crippen LogP contribution in [0.4, 0.5) is 0 Å². The van der Waals surface area contributed by atoms with E-state index in [0.29, 0.717) is 32.5 Å². The normalized spacial score (nSPS) is 18.1. The fraction of sp³-hybridized carbons (Fsp3) is 0.579. The Bertz CT molecular complexity index is 550. The molecule has 5 nitrogen and oxygen atoms in total. The Morgan fingerprint density at radius 2 is 1.83 bits per heavy atom. The summed E-state index contributed by atoms with van der Waals surface area (Å²) in [4.78, 5) is 24.4. The lowest BCUT2D eigenvalue weighted by atomic mass is 9.73. The van der Waals surface area contributed by atoms with Crippen molar-refractivity contribution in [1.82, 2.24) is 5.32 Å². The van der Waals surface area contributed by atoms with Gasteiger partial charge in [0.2, 0.25) is 5.91 Å². The molecule has 1 atom stereocenters. The molecule has 0 radical (unpaired) electrons. The minimum Gasteiger partial charge on any atom is -0.481 e. The molecule has 2 N–H and O–H groups in total. The summed E-state index contributed by atoms with van der Waals surface area (Å²) in [5.41, 5.74) is 0.349. The van der Waals surface area contributed by atoms with Gasteiger partial charge in [0.15, 0.2) is 0 Å². The van der Waals surface area contributed by atoms with E-state index in [0.717, 1.165) is 5.56 Å². The van der Waals surface area contributed by atoms with Crippen LogP contribution < -0.4 is 5.32 Å². The van der Waals surface area contributed by atoms with Crippen LogP contribution in [0.1, 0.15) is 38.7 Å². The summed E-state index contributed by atoms with van der Waals surface area (Å²) in [5.74, 6) is -1.23. The van der Waals surface area contributed by atoms with Gasteiger partial charge in [-0.1, -0.05) is 44.2 Å². The van der Waals surface area contributed by atoms with E-state index in [4.69, 9.17) is 4.74 Å². The van der Waals surface area contributed by atoms with E-state index >= 15 is 0 Å². The smallest absolute Gasteiger partial charge is 0.308 e. The molecule has 1 fully saturated rings. The number of hydrogen-bond donors (Lipinski definition) is 2. The lowest BCUT2D eigenvalue weighted by Gasteiger charge is -2.36. The third-order valence-corrected chi connectivity index (χ3v) is 4.72. The summed E-state index contributed by atoms with van der Waals surface area (Å²) in [6.45, 7) is 5.22. The first-order valence-electron chi connectivity index (χ1n) is 8.60. The van der Waals surface area contributed by atoms with Gasteiger partial charge in [0, 0.05) is 19.8 Å². The van der Waals surface area contributed by atoms with E-state index in [1.54, 1.807) is 0 Å². The number of carboxylic acid groups (broad SMARTS) is 1. The topological polar surface area (TPSA) is 75.6 Å². The van der Waals surface area contributed by atoms with Crippen molar-refractivity contribution in [2.24, 2.45) is 11.8 Å². The second-order valence-electron chi connectivity index (χ2n) is 6.94. The first-order chi connectivity index (χ1) is 11.5. The molecule has 1 aromatic rings. The SMILES string of the molecule is CC(C)CC(CNC(=O)C1(c2ccccc2)CCOCC1)C(=O)O. The maximum absolute atomic E-state index is 13.0. The summed E-state index contributed by atoms with van der Waals surface area (Å²) in [5, 5.41) is 12.3. The second kappa shape index (κ2) is 8.29. The molecule has 0 bridgehead atoms. The standard InChI is InChI=1S/C19H27NO4/c1-14(2)12-15(17(21)22)13-20-18(23)19(8-10-24-11-9-19)16-6-4-3-5-7-16/h3-7,14-15H,8-13H2,1-2H3,(H,20,23)(H,21,22). The molecule has 0 saturated carbocycles.